The molecule has 2 heterocycles. The number of benzene rings is 1. The van der Waals surface area contributed by atoms with Crippen LogP contribution in [0.25, 0.3) is 6.08 Å². The van der Waals surface area contributed by atoms with E-state index in [9.17, 15) is 4.79 Å². The van der Waals surface area contributed by atoms with E-state index in [0.717, 1.165) is 61.0 Å². The predicted octanol–water partition coefficient (Wildman–Crippen LogP) is 3.13. The summed E-state index contributed by atoms with van der Waals surface area (Å²) in [5.74, 6) is 2.32. The van der Waals surface area contributed by atoms with Gasteiger partial charge in [0.1, 0.15) is 6.61 Å². The van der Waals surface area contributed by atoms with E-state index in [1.165, 1.54) is 6.42 Å². The molecule has 2 aliphatic rings. The summed E-state index contributed by atoms with van der Waals surface area (Å²) in [6, 6.07) is 5.80. The van der Waals surface area contributed by atoms with Crippen molar-refractivity contribution < 1.29 is 14.3 Å². The molecule has 3 rings (SSSR count). The highest BCUT2D eigenvalue weighted by molar-refractivity contribution is 5.99. The fourth-order valence-electron chi connectivity index (χ4n) is 3.55. The minimum atomic E-state index is 0. The van der Waals surface area contributed by atoms with Gasteiger partial charge in [-0.3, -0.25) is 4.79 Å². The SMILES string of the molecule is CCOc1cccc2c1OCC(C(=O)N1CCC(CCNC)CC1)=C2.Cl. The minimum absolute atomic E-state index is 0. The lowest BCUT2D eigenvalue weighted by molar-refractivity contribution is -0.128. The van der Waals surface area contributed by atoms with E-state index in [1.807, 2.05) is 43.1 Å². The lowest BCUT2D eigenvalue weighted by Crippen LogP contribution is -2.40. The van der Waals surface area contributed by atoms with Crippen molar-refractivity contribution in [3.8, 4) is 11.5 Å². The van der Waals surface area contributed by atoms with Crippen molar-refractivity contribution in [1.82, 2.24) is 10.2 Å². The van der Waals surface area contributed by atoms with Crippen molar-refractivity contribution in [2.75, 3.05) is 39.9 Å². The number of nitrogens with one attached hydrogen (secondary N) is 1. The average Bonchev–Trinajstić information content (AvgIpc) is 2.66. The minimum Gasteiger partial charge on any atom is -0.490 e. The smallest absolute Gasteiger partial charge is 0.253 e. The molecule has 0 unspecified atom stereocenters. The summed E-state index contributed by atoms with van der Waals surface area (Å²) in [6.07, 6.45) is 5.33. The first-order chi connectivity index (χ1) is 12.2. The highest BCUT2D eigenvalue weighted by atomic mass is 35.5. The summed E-state index contributed by atoms with van der Waals surface area (Å²) >= 11 is 0. The first-order valence-corrected chi connectivity index (χ1v) is 9.26. The van der Waals surface area contributed by atoms with Crippen molar-refractivity contribution >= 4 is 24.4 Å². The second-order valence-electron chi connectivity index (χ2n) is 6.69. The Morgan fingerprint density at radius 1 is 1.35 bits per heavy atom. The normalized spacial score (nSPS) is 16.8. The second-order valence-corrected chi connectivity index (χ2v) is 6.69. The van der Waals surface area contributed by atoms with Gasteiger partial charge in [0.05, 0.1) is 12.2 Å². The Hall–Kier alpha value is -1.72. The first kappa shape index (κ1) is 20.6. The number of nitrogens with zero attached hydrogens (tertiary/aromatic N) is 1. The van der Waals surface area contributed by atoms with E-state index in [4.69, 9.17) is 9.47 Å². The summed E-state index contributed by atoms with van der Waals surface area (Å²) in [5, 5.41) is 3.21. The first-order valence-electron chi connectivity index (χ1n) is 9.26. The van der Waals surface area contributed by atoms with E-state index >= 15 is 0 Å². The molecule has 144 valence electrons. The molecule has 1 saturated heterocycles. The van der Waals surface area contributed by atoms with Crippen LogP contribution in [0.1, 0.15) is 31.7 Å². The van der Waals surface area contributed by atoms with Gasteiger partial charge in [-0.15, -0.1) is 12.4 Å². The van der Waals surface area contributed by atoms with Gasteiger partial charge in [0.2, 0.25) is 0 Å². The number of carbonyl (C=O) groups excluding carboxylic acids is 1. The van der Waals surface area contributed by atoms with Gasteiger partial charge in [0.15, 0.2) is 11.5 Å². The van der Waals surface area contributed by atoms with Crippen LogP contribution in [0.15, 0.2) is 23.8 Å². The Bertz CT molecular complexity index is 640. The number of carbonyl (C=O) groups is 1. The average molecular weight is 381 g/mol. The van der Waals surface area contributed by atoms with E-state index in [2.05, 4.69) is 5.32 Å². The number of amides is 1. The molecule has 0 bridgehead atoms. The van der Waals surface area contributed by atoms with Crippen LogP contribution in [0.5, 0.6) is 11.5 Å². The van der Waals surface area contributed by atoms with Gasteiger partial charge >= 0.3 is 0 Å². The Labute approximate surface area is 162 Å². The quantitative estimate of drug-likeness (QED) is 0.823. The number of para-hydroxylation sites is 1. The van der Waals surface area contributed by atoms with Crippen molar-refractivity contribution in [2.24, 2.45) is 5.92 Å². The van der Waals surface area contributed by atoms with Crippen molar-refractivity contribution in [2.45, 2.75) is 26.2 Å². The summed E-state index contributed by atoms with van der Waals surface area (Å²) in [6.45, 7) is 5.60. The Kier molecular flexibility index (Phi) is 7.79. The second kappa shape index (κ2) is 9.83. The molecule has 5 nitrogen and oxygen atoms in total. The maximum atomic E-state index is 12.8. The van der Waals surface area contributed by atoms with Gasteiger partial charge in [-0.2, -0.15) is 0 Å². The van der Waals surface area contributed by atoms with Crippen LogP contribution in [0, 0.1) is 5.92 Å². The molecule has 0 radical (unpaired) electrons. The van der Waals surface area contributed by atoms with E-state index in [-0.39, 0.29) is 18.3 Å². The lowest BCUT2D eigenvalue weighted by Gasteiger charge is -2.33. The van der Waals surface area contributed by atoms with Crippen molar-refractivity contribution in [3.05, 3.63) is 29.3 Å². The molecule has 0 atom stereocenters. The van der Waals surface area contributed by atoms with E-state index < -0.39 is 0 Å². The predicted molar refractivity (Wildman–Crippen MR) is 106 cm³/mol. The van der Waals surface area contributed by atoms with Crippen LogP contribution in [0.4, 0.5) is 0 Å². The fourth-order valence-corrected chi connectivity index (χ4v) is 3.55. The van der Waals surface area contributed by atoms with Crippen molar-refractivity contribution in [1.29, 1.82) is 0 Å². The summed E-state index contributed by atoms with van der Waals surface area (Å²) < 4.78 is 11.5. The van der Waals surface area contributed by atoms with E-state index in [1.54, 1.807) is 0 Å². The van der Waals surface area contributed by atoms with Crippen LogP contribution < -0.4 is 14.8 Å². The van der Waals surface area contributed by atoms with Crippen LogP contribution in [0.2, 0.25) is 0 Å². The van der Waals surface area contributed by atoms with Gasteiger partial charge in [0, 0.05) is 18.7 Å². The molecule has 1 amide bonds. The molecular formula is C20H29ClN2O3. The number of likely N-dealkylation sites (tertiary alicyclic amines) is 1. The standard InChI is InChI=1S/C20H28N2O3.ClH/c1-3-24-18-6-4-5-16-13-17(14-25-19(16)18)20(23)22-11-8-15(9-12-22)7-10-21-2;/h4-6,13,15,21H,3,7-12,14H2,1-2H3;1H. The van der Waals surface area contributed by atoms with E-state index in [0.29, 0.717) is 13.2 Å². The number of piperidine rings is 1. The molecule has 0 aliphatic carbocycles. The molecule has 6 heteroatoms. The van der Waals surface area contributed by atoms with Gasteiger partial charge in [-0.1, -0.05) is 12.1 Å². The molecule has 0 spiro atoms. The maximum absolute atomic E-state index is 12.8. The van der Waals surface area contributed by atoms with Crippen LogP contribution >= 0.6 is 12.4 Å². The number of hydrogen-bond donors (Lipinski definition) is 1. The van der Waals surface area contributed by atoms with Crippen LogP contribution in [-0.4, -0.2) is 50.7 Å². The molecule has 1 aromatic rings. The number of fused-ring (bicyclic) bond motifs is 1. The third kappa shape index (κ3) is 4.71. The number of hydrogen-bond acceptors (Lipinski definition) is 4. The van der Waals surface area contributed by atoms with Crippen molar-refractivity contribution in [3.63, 3.8) is 0 Å². The summed E-state index contributed by atoms with van der Waals surface area (Å²) in [7, 11) is 1.99. The topological polar surface area (TPSA) is 50.8 Å². The molecular weight excluding hydrogens is 352 g/mol. The zero-order chi connectivity index (χ0) is 17.6. The molecule has 2 aliphatic heterocycles. The molecule has 0 aromatic heterocycles. The van der Waals surface area contributed by atoms with Gasteiger partial charge in [0.25, 0.3) is 5.91 Å². The number of rotatable bonds is 6. The number of ether oxygens (including phenoxy) is 2. The summed E-state index contributed by atoms with van der Waals surface area (Å²) in [5.41, 5.74) is 1.65. The third-order valence-electron chi connectivity index (χ3n) is 4.99. The van der Waals surface area contributed by atoms with Crippen LogP contribution in [-0.2, 0) is 4.79 Å². The molecule has 0 saturated carbocycles. The molecule has 1 N–H and O–H groups in total. The van der Waals surface area contributed by atoms with Crippen LogP contribution in [0.3, 0.4) is 0 Å². The third-order valence-corrected chi connectivity index (χ3v) is 4.99. The maximum Gasteiger partial charge on any atom is 0.253 e. The Morgan fingerprint density at radius 3 is 2.81 bits per heavy atom. The zero-order valence-corrected chi connectivity index (χ0v) is 16.4. The highest BCUT2D eigenvalue weighted by Crippen LogP contribution is 2.36. The fraction of sp³-hybridized carbons (Fsp3) is 0.550. The monoisotopic (exact) mass is 380 g/mol. The molecule has 1 fully saturated rings. The Balaban J connectivity index is 0.00000243. The van der Waals surface area contributed by atoms with Gasteiger partial charge in [-0.25, -0.2) is 0 Å². The zero-order valence-electron chi connectivity index (χ0n) is 15.6. The largest absolute Gasteiger partial charge is 0.490 e. The number of halogens is 1. The Morgan fingerprint density at radius 2 is 2.12 bits per heavy atom. The highest BCUT2D eigenvalue weighted by Gasteiger charge is 2.27. The summed E-state index contributed by atoms with van der Waals surface area (Å²) in [4.78, 5) is 14.8. The molecule has 26 heavy (non-hydrogen) atoms. The van der Waals surface area contributed by atoms with Gasteiger partial charge < -0.3 is 19.7 Å². The lowest BCUT2D eigenvalue weighted by atomic mass is 9.93. The molecule has 1 aromatic carbocycles. The van der Waals surface area contributed by atoms with Gasteiger partial charge in [-0.05, 0) is 57.8 Å².